The van der Waals surface area contributed by atoms with Crippen LogP contribution in [0, 0.1) is 17.8 Å². The van der Waals surface area contributed by atoms with Crippen LogP contribution in [0.2, 0.25) is 0 Å². The topological polar surface area (TPSA) is 425 Å². The van der Waals surface area contributed by atoms with Crippen LogP contribution >= 0.6 is 0 Å². The Morgan fingerprint density at radius 3 is 1.25 bits per heavy atom. The van der Waals surface area contributed by atoms with E-state index in [1.165, 1.54) is 13.8 Å². The van der Waals surface area contributed by atoms with Crippen molar-refractivity contribution in [3.63, 3.8) is 0 Å². The van der Waals surface area contributed by atoms with Crippen molar-refractivity contribution in [1.82, 2.24) is 0 Å². The minimum atomic E-state index is -2.10. The van der Waals surface area contributed by atoms with Gasteiger partial charge in [0.25, 0.3) is 0 Å². The molecule has 6 saturated heterocycles. The van der Waals surface area contributed by atoms with Crippen LogP contribution in [-0.2, 0) is 52.1 Å². The zero-order valence-corrected chi connectivity index (χ0v) is 37.2. The minimum absolute atomic E-state index is 0.439. The van der Waals surface area contributed by atoms with E-state index in [1.807, 2.05) is 0 Å². The maximum atomic E-state index is 11.7. The standard InChI is InChI=1S/C40H70O27/c1-11-14(4)58-18(8-44)32(22(11)47)64-37-13(3)23(48)33(19(9-45)62-37)65-39-31(56)34(66-38-30(55)28(53)25(50)16(6-42)60-38)27(52)20(63-39)10-57-40-35(29(54)26(51)17(7-43)61-40)67-36-12(2)21(46)24(49)15(5-41)59-36/h11-56H,5-10H2,1-4H3/t11-,12?,13+,14+,15+,16-,17?,18?,19?,20?,21?,22?,23?,24-,25-,26-,27-,28?,29?,30?,31-,32-,33-,34?,35-,36+,37+,38-,39+,40+/m1/s1. The summed E-state index contributed by atoms with van der Waals surface area (Å²) in [7, 11) is 0. The Kier molecular flexibility index (Phi) is 19.5. The van der Waals surface area contributed by atoms with Crippen molar-refractivity contribution in [2.24, 2.45) is 17.8 Å². The molecule has 0 aliphatic carbocycles. The Morgan fingerprint density at radius 1 is 0.299 bits per heavy atom. The summed E-state index contributed by atoms with van der Waals surface area (Å²) < 4.78 is 64.5. The van der Waals surface area contributed by atoms with E-state index in [9.17, 15) is 81.7 Å². The first kappa shape index (κ1) is 55.2. The molecule has 6 rings (SSSR count). The Balaban J connectivity index is 1.24. The van der Waals surface area contributed by atoms with Gasteiger partial charge in [-0.05, 0) is 6.92 Å². The third kappa shape index (κ3) is 11.4. The quantitative estimate of drug-likeness (QED) is 0.0683. The van der Waals surface area contributed by atoms with Crippen LogP contribution in [0.1, 0.15) is 27.7 Å². The van der Waals surface area contributed by atoms with Gasteiger partial charge in [0.2, 0.25) is 0 Å². The van der Waals surface area contributed by atoms with Gasteiger partial charge in [-0.2, -0.15) is 0 Å². The zero-order chi connectivity index (χ0) is 49.3. The average molecular weight is 983 g/mol. The number of ether oxygens (including phenoxy) is 11. The largest absolute Gasteiger partial charge is 0.394 e. The van der Waals surface area contributed by atoms with E-state index in [0.717, 1.165) is 0 Å². The number of hydrogen-bond donors (Lipinski definition) is 16. The monoisotopic (exact) mass is 982 g/mol. The van der Waals surface area contributed by atoms with E-state index < -0.39 is 223 Å². The first-order valence-corrected chi connectivity index (χ1v) is 22.4. The van der Waals surface area contributed by atoms with Crippen LogP contribution in [0.15, 0.2) is 0 Å². The van der Waals surface area contributed by atoms with Crippen molar-refractivity contribution < 1.29 is 134 Å². The molecule has 392 valence electrons. The van der Waals surface area contributed by atoms with Crippen molar-refractivity contribution in [3.8, 4) is 0 Å². The molecule has 0 amide bonds. The van der Waals surface area contributed by atoms with Gasteiger partial charge in [-0.1, -0.05) is 20.8 Å². The van der Waals surface area contributed by atoms with Gasteiger partial charge in [0, 0.05) is 17.8 Å². The second-order valence-corrected chi connectivity index (χ2v) is 18.2. The fraction of sp³-hybridized carbons (Fsp3) is 1.00. The molecule has 27 heteroatoms. The lowest BCUT2D eigenvalue weighted by Gasteiger charge is -2.50. The normalized spacial score (nSPS) is 53.4. The molecule has 6 heterocycles. The highest BCUT2D eigenvalue weighted by Gasteiger charge is 2.56. The first-order chi connectivity index (χ1) is 31.7. The van der Waals surface area contributed by atoms with Crippen molar-refractivity contribution in [2.75, 3.05) is 39.6 Å². The van der Waals surface area contributed by atoms with Gasteiger partial charge >= 0.3 is 0 Å². The van der Waals surface area contributed by atoms with Crippen LogP contribution in [-0.4, -0.2) is 287 Å². The van der Waals surface area contributed by atoms with E-state index in [0.29, 0.717) is 0 Å². The van der Waals surface area contributed by atoms with Crippen LogP contribution in [0.25, 0.3) is 0 Å². The van der Waals surface area contributed by atoms with Crippen molar-refractivity contribution in [2.45, 2.75) is 193 Å². The Hall–Kier alpha value is -1.08. The van der Waals surface area contributed by atoms with Gasteiger partial charge in [-0.25, -0.2) is 0 Å². The second kappa shape index (κ2) is 23.6. The van der Waals surface area contributed by atoms with Gasteiger partial charge in [-0.3, -0.25) is 0 Å². The maximum Gasteiger partial charge on any atom is 0.187 e. The SMILES string of the molecule is CC1C(O)[C@H](O)[C@H](CO)O[C@H]1O[C@@H]1C(O)[C@H](O)C(CO)O[C@@H]1OCC1O[C@@H](O[C@@H]2C(CO)O[C@@H](O[C@@H]3C(CO)O[C@@H](C)[C@@H](C)C3O)[C@@H](C)C2O)[C@H](O)C(O[C@H]2O[C@H](CO)[C@@H](O)C(O)C2O)[C@@H]1O. The highest BCUT2D eigenvalue weighted by Crippen LogP contribution is 2.38. The fourth-order valence-electron chi connectivity index (χ4n) is 9.13. The van der Waals surface area contributed by atoms with Crippen LogP contribution in [0.3, 0.4) is 0 Å². The van der Waals surface area contributed by atoms with Gasteiger partial charge in [0.15, 0.2) is 31.5 Å². The molecule has 0 saturated carbocycles. The van der Waals surface area contributed by atoms with Crippen molar-refractivity contribution in [1.29, 1.82) is 0 Å². The van der Waals surface area contributed by atoms with E-state index in [1.54, 1.807) is 13.8 Å². The molecule has 27 nitrogen and oxygen atoms in total. The molecule has 0 bridgehead atoms. The third-order valence-corrected chi connectivity index (χ3v) is 13.8. The summed E-state index contributed by atoms with van der Waals surface area (Å²) in [5, 5.41) is 171. The van der Waals surface area contributed by atoms with Gasteiger partial charge in [0.05, 0.1) is 64.1 Å². The van der Waals surface area contributed by atoms with Gasteiger partial charge < -0.3 is 134 Å². The average Bonchev–Trinajstić information content (AvgIpc) is 3.32. The fourth-order valence-corrected chi connectivity index (χ4v) is 9.13. The lowest BCUT2D eigenvalue weighted by molar-refractivity contribution is -0.389. The summed E-state index contributed by atoms with van der Waals surface area (Å²) in [6.45, 7) is 1.69. The molecule has 0 aromatic carbocycles. The molecule has 0 spiro atoms. The number of rotatable bonds is 16. The second-order valence-electron chi connectivity index (χ2n) is 18.2. The number of aliphatic hydroxyl groups excluding tert-OH is 16. The van der Waals surface area contributed by atoms with Crippen molar-refractivity contribution >= 4 is 0 Å². The zero-order valence-electron chi connectivity index (χ0n) is 37.2. The first-order valence-electron chi connectivity index (χ1n) is 22.4. The van der Waals surface area contributed by atoms with Gasteiger partial charge in [0.1, 0.15) is 110 Å². The molecule has 67 heavy (non-hydrogen) atoms. The van der Waals surface area contributed by atoms with E-state index in [-0.39, 0.29) is 0 Å². The highest BCUT2D eigenvalue weighted by molar-refractivity contribution is 4.99. The number of aliphatic hydroxyl groups is 16. The molecule has 6 aliphatic rings. The molecule has 16 N–H and O–H groups in total. The molecule has 30 atom stereocenters. The van der Waals surface area contributed by atoms with E-state index in [2.05, 4.69) is 0 Å². The summed E-state index contributed by atoms with van der Waals surface area (Å²) in [5.41, 5.74) is 0. The molecule has 12 unspecified atom stereocenters. The molecular formula is C40H70O27. The summed E-state index contributed by atoms with van der Waals surface area (Å²) in [6, 6.07) is 0. The van der Waals surface area contributed by atoms with Crippen LogP contribution in [0.5, 0.6) is 0 Å². The minimum Gasteiger partial charge on any atom is -0.394 e. The summed E-state index contributed by atoms with van der Waals surface area (Å²) >= 11 is 0. The summed E-state index contributed by atoms with van der Waals surface area (Å²) in [4.78, 5) is 0. The van der Waals surface area contributed by atoms with Crippen molar-refractivity contribution in [3.05, 3.63) is 0 Å². The number of hydrogen-bond acceptors (Lipinski definition) is 27. The van der Waals surface area contributed by atoms with E-state index in [4.69, 9.17) is 52.1 Å². The smallest absolute Gasteiger partial charge is 0.187 e. The molecular weight excluding hydrogens is 912 g/mol. The Labute approximate surface area is 384 Å². The van der Waals surface area contributed by atoms with Crippen LogP contribution in [0.4, 0.5) is 0 Å². The third-order valence-electron chi connectivity index (χ3n) is 13.8. The molecule has 6 aliphatic heterocycles. The Bertz CT molecular complexity index is 1500. The van der Waals surface area contributed by atoms with Gasteiger partial charge in [-0.15, -0.1) is 0 Å². The molecule has 0 radical (unpaired) electrons. The lowest BCUT2D eigenvalue weighted by atomic mass is 9.88. The highest BCUT2D eigenvalue weighted by atomic mass is 16.8. The van der Waals surface area contributed by atoms with Crippen LogP contribution < -0.4 is 0 Å². The Morgan fingerprint density at radius 2 is 0.687 bits per heavy atom. The summed E-state index contributed by atoms with van der Waals surface area (Å²) in [5.74, 6) is -2.47. The molecule has 6 fully saturated rings. The molecule has 0 aromatic rings. The molecule has 0 aromatic heterocycles. The predicted octanol–water partition coefficient (Wildman–Crippen LogP) is -9.20. The summed E-state index contributed by atoms with van der Waals surface area (Å²) in [6.07, 6.45) is -43.1. The maximum absolute atomic E-state index is 11.7. The predicted molar refractivity (Wildman–Crippen MR) is 212 cm³/mol. The lowest BCUT2D eigenvalue weighted by Crippen LogP contribution is -2.67. The van der Waals surface area contributed by atoms with E-state index >= 15 is 0 Å².